The molecule has 0 N–H and O–H groups in total. The first-order valence-electron chi connectivity index (χ1n) is 9.16. The highest BCUT2D eigenvalue weighted by Gasteiger charge is 2.54. The lowest BCUT2D eigenvalue weighted by atomic mass is 9.55. The molecule has 0 amide bonds. The van der Waals surface area contributed by atoms with Gasteiger partial charge in [0.15, 0.2) is 0 Å². The molecule has 1 heteroatoms. The van der Waals surface area contributed by atoms with Gasteiger partial charge in [0, 0.05) is 14.6 Å². The van der Waals surface area contributed by atoms with Crippen molar-refractivity contribution in [1.29, 1.82) is 0 Å². The second-order valence-electron chi connectivity index (χ2n) is 7.29. The van der Waals surface area contributed by atoms with Gasteiger partial charge in [0.2, 0.25) is 0 Å². The molecule has 0 aromatic heterocycles. The van der Waals surface area contributed by atoms with E-state index in [1.54, 1.807) is 0 Å². The van der Waals surface area contributed by atoms with Crippen LogP contribution in [0.25, 0.3) is 0 Å². The molecule has 20 heavy (non-hydrogen) atoms. The van der Waals surface area contributed by atoms with E-state index in [1.165, 1.54) is 17.5 Å². The Hall–Kier alpha value is -1.11. The van der Waals surface area contributed by atoms with Crippen LogP contribution in [0.3, 0.4) is 0 Å². The minimum absolute atomic E-state index is 0.0495. The Morgan fingerprint density at radius 3 is 3.00 bits per heavy atom. The zero-order valence-electron chi connectivity index (χ0n) is 14.2. The van der Waals surface area contributed by atoms with Gasteiger partial charge in [-0.2, -0.15) is 0 Å². The number of benzene rings is 1. The number of carbonyl (C=O) groups is 1. The van der Waals surface area contributed by atoms with Gasteiger partial charge in [0.05, 0.1) is 0 Å². The Bertz CT molecular complexity index is 624. The molecule has 0 heterocycles. The standard InChI is InChI=1S/C19H24O/c1-12-3-5-14-13(11-12)4-6-16-15(14)9-10-19(2)17(16)7-8-18(19)20/h3,5,11,15-17H,4,6-10H2,1-2H3/t15-,16-,17+,19+/m1/s1/i1D2. The Kier molecular flexibility index (Phi) is 2.22. The summed E-state index contributed by atoms with van der Waals surface area (Å²) in [5.41, 5.74) is 3.57. The van der Waals surface area contributed by atoms with Crippen LogP contribution < -0.4 is 0 Å². The van der Waals surface area contributed by atoms with Crippen molar-refractivity contribution in [2.75, 3.05) is 0 Å². The van der Waals surface area contributed by atoms with E-state index in [0.717, 1.165) is 37.7 Å². The third-order valence-corrected chi connectivity index (χ3v) is 6.46. The summed E-state index contributed by atoms with van der Waals surface area (Å²) in [6.45, 7) is 1.33. The van der Waals surface area contributed by atoms with E-state index in [-0.39, 0.29) is 5.41 Å². The molecule has 0 saturated heterocycles. The van der Waals surface area contributed by atoms with Crippen LogP contribution >= 0.6 is 0 Å². The summed E-state index contributed by atoms with van der Waals surface area (Å²) in [5.74, 6) is 2.33. The molecule has 0 unspecified atom stereocenters. The van der Waals surface area contributed by atoms with Crippen LogP contribution in [0.15, 0.2) is 18.2 Å². The first-order chi connectivity index (χ1) is 10.5. The van der Waals surface area contributed by atoms with Crippen LogP contribution in [0.4, 0.5) is 0 Å². The molecule has 4 atom stereocenters. The summed E-state index contributed by atoms with van der Waals surface area (Å²) in [6, 6.07) is 6.24. The normalized spacial score (nSPS) is 40.7. The lowest BCUT2D eigenvalue weighted by molar-refractivity contribution is -0.129. The maximum absolute atomic E-state index is 12.3. The third-order valence-electron chi connectivity index (χ3n) is 6.46. The number of Topliss-reactive ketones (excluding diaryl/α,β-unsaturated/α-hetero) is 1. The van der Waals surface area contributed by atoms with Crippen LogP contribution in [-0.4, -0.2) is 5.78 Å². The predicted molar refractivity (Wildman–Crippen MR) is 80.8 cm³/mol. The minimum Gasteiger partial charge on any atom is -0.299 e. The van der Waals surface area contributed by atoms with Gasteiger partial charge < -0.3 is 0 Å². The van der Waals surface area contributed by atoms with E-state index >= 15 is 0 Å². The van der Waals surface area contributed by atoms with E-state index in [0.29, 0.717) is 23.5 Å². The minimum atomic E-state index is -0.884. The highest BCUT2D eigenvalue weighted by molar-refractivity contribution is 5.87. The predicted octanol–water partition coefficient (Wildman–Crippen LogP) is 4.42. The Morgan fingerprint density at radius 2 is 2.15 bits per heavy atom. The van der Waals surface area contributed by atoms with Crippen molar-refractivity contribution >= 4 is 5.78 Å². The summed E-state index contributed by atoms with van der Waals surface area (Å²) < 4.78 is 15.2. The number of carbonyl (C=O) groups excluding carboxylic acids is 1. The van der Waals surface area contributed by atoms with Crippen molar-refractivity contribution < 1.29 is 7.54 Å². The summed E-state index contributed by atoms with van der Waals surface area (Å²) in [4.78, 5) is 12.3. The highest BCUT2D eigenvalue weighted by Crippen LogP contribution is 2.59. The molecule has 0 aliphatic heterocycles. The monoisotopic (exact) mass is 270 g/mol. The number of aryl methyl sites for hydroxylation is 2. The van der Waals surface area contributed by atoms with Gasteiger partial charge in [-0.1, -0.05) is 30.7 Å². The fraction of sp³-hybridized carbons (Fsp3) is 0.632. The molecule has 0 spiro atoms. The maximum atomic E-state index is 12.3. The molecule has 1 nitrogen and oxygen atoms in total. The van der Waals surface area contributed by atoms with E-state index in [9.17, 15) is 4.79 Å². The van der Waals surface area contributed by atoms with Crippen molar-refractivity contribution in [3.05, 3.63) is 34.9 Å². The zero-order valence-corrected chi connectivity index (χ0v) is 12.2. The number of rotatable bonds is 0. The molecule has 2 fully saturated rings. The third kappa shape index (κ3) is 1.58. The Morgan fingerprint density at radius 1 is 1.25 bits per heavy atom. The maximum Gasteiger partial charge on any atom is 0.139 e. The van der Waals surface area contributed by atoms with Crippen molar-refractivity contribution in [2.24, 2.45) is 17.3 Å². The molecular weight excluding hydrogens is 244 g/mol. The Labute approximate surface area is 124 Å². The van der Waals surface area contributed by atoms with Crippen LogP contribution in [0.1, 0.15) is 64.4 Å². The van der Waals surface area contributed by atoms with Gasteiger partial charge in [-0.15, -0.1) is 0 Å². The Balaban J connectivity index is 1.69. The quantitative estimate of drug-likeness (QED) is 0.682. The number of ketones is 1. The fourth-order valence-electron chi connectivity index (χ4n) is 5.37. The first kappa shape index (κ1) is 10.6. The summed E-state index contributed by atoms with van der Waals surface area (Å²) in [5, 5.41) is 0. The molecule has 2 saturated carbocycles. The lowest BCUT2D eigenvalue weighted by Crippen LogP contribution is -2.42. The lowest BCUT2D eigenvalue weighted by Gasteiger charge is -2.48. The van der Waals surface area contributed by atoms with Crippen LogP contribution in [-0.2, 0) is 11.2 Å². The van der Waals surface area contributed by atoms with Crippen LogP contribution in [0.2, 0.25) is 0 Å². The van der Waals surface area contributed by atoms with Gasteiger partial charge in [-0.05, 0) is 67.9 Å². The SMILES string of the molecule is [2H]C([2H])c1ccc2c(c1)CC[C@@H]1[C@@H]2CC[C@]2(C)C(=O)CC[C@@H]12. The van der Waals surface area contributed by atoms with Gasteiger partial charge in [0.25, 0.3) is 0 Å². The second-order valence-corrected chi connectivity index (χ2v) is 7.29. The molecule has 3 aliphatic carbocycles. The van der Waals surface area contributed by atoms with Crippen LogP contribution in [0, 0.1) is 24.1 Å². The summed E-state index contributed by atoms with van der Waals surface area (Å²) >= 11 is 0. The van der Waals surface area contributed by atoms with E-state index in [2.05, 4.69) is 19.1 Å². The number of hydrogen-bond donors (Lipinski definition) is 0. The smallest absolute Gasteiger partial charge is 0.139 e. The molecule has 1 aromatic rings. The molecule has 0 bridgehead atoms. The number of fused-ring (bicyclic) bond motifs is 5. The molecular formula is C19H24O. The molecule has 0 radical (unpaired) electrons. The molecule has 3 aliphatic rings. The van der Waals surface area contributed by atoms with E-state index < -0.39 is 6.88 Å². The van der Waals surface area contributed by atoms with Crippen molar-refractivity contribution in [1.82, 2.24) is 0 Å². The average Bonchev–Trinajstić information content (AvgIpc) is 2.82. The average molecular weight is 270 g/mol. The van der Waals surface area contributed by atoms with Gasteiger partial charge in [0.1, 0.15) is 5.78 Å². The molecule has 106 valence electrons. The van der Waals surface area contributed by atoms with Gasteiger partial charge in [-0.3, -0.25) is 4.79 Å². The highest BCUT2D eigenvalue weighted by atomic mass is 16.1. The van der Waals surface area contributed by atoms with E-state index in [4.69, 9.17) is 2.74 Å². The van der Waals surface area contributed by atoms with Gasteiger partial charge in [-0.25, -0.2) is 0 Å². The molecule has 1 aromatic carbocycles. The van der Waals surface area contributed by atoms with E-state index in [1.807, 2.05) is 6.07 Å². The topological polar surface area (TPSA) is 17.1 Å². The van der Waals surface area contributed by atoms with Crippen molar-refractivity contribution in [3.63, 3.8) is 0 Å². The fourth-order valence-corrected chi connectivity index (χ4v) is 5.37. The second kappa shape index (κ2) is 4.19. The largest absolute Gasteiger partial charge is 0.299 e. The summed E-state index contributed by atoms with van der Waals surface area (Å²) in [6.07, 6.45) is 6.27. The molecule has 4 rings (SSSR count). The van der Waals surface area contributed by atoms with Crippen molar-refractivity contribution in [2.45, 2.75) is 58.2 Å². The first-order valence-corrected chi connectivity index (χ1v) is 8.01. The van der Waals surface area contributed by atoms with Crippen molar-refractivity contribution in [3.8, 4) is 0 Å². The summed E-state index contributed by atoms with van der Waals surface area (Å²) in [7, 11) is 0. The zero-order chi connectivity index (χ0) is 15.5. The number of hydrogen-bond acceptors (Lipinski definition) is 1. The van der Waals surface area contributed by atoms with Gasteiger partial charge >= 0.3 is 0 Å². The van der Waals surface area contributed by atoms with Crippen LogP contribution in [0.5, 0.6) is 0 Å².